The maximum atomic E-state index is 4.61. The van der Waals surface area contributed by atoms with Gasteiger partial charge in [0.2, 0.25) is 0 Å². The van der Waals surface area contributed by atoms with Gasteiger partial charge in [-0.1, -0.05) is 24.3 Å². The van der Waals surface area contributed by atoms with E-state index in [1.54, 1.807) is 23.5 Å². The lowest BCUT2D eigenvalue weighted by Gasteiger charge is -2.10. The van der Waals surface area contributed by atoms with Gasteiger partial charge in [-0.3, -0.25) is 9.98 Å². The van der Waals surface area contributed by atoms with Crippen LogP contribution in [0.2, 0.25) is 0 Å². The molecule has 0 aliphatic carbocycles. The lowest BCUT2D eigenvalue weighted by Crippen LogP contribution is -1.93. The highest BCUT2D eigenvalue weighted by Gasteiger charge is 2.17. The van der Waals surface area contributed by atoms with Crippen molar-refractivity contribution in [1.29, 1.82) is 0 Å². The molecule has 0 atom stereocenters. The van der Waals surface area contributed by atoms with E-state index in [0.29, 0.717) is 0 Å². The van der Waals surface area contributed by atoms with E-state index in [1.807, 2.05) is 24.6 Å². The average molecular weight is 531 g/mol. The van der Waals surface area contributed by atoms with Crippen molar-refractivity contribution in [1.82, 2.24) is 9.97 Å². The predicted octanol–water partition coefficient (Wildman–Crippen LogP) is 8.25. The van der Waals surface area contributed by atoms with E-state index in [9.17, 15) is 0 Å². The first-order valence-corrected chi connectivity index (χ1v) is 14.8. The van der Waals surface area contributed by atoms with Gasteiger partial charge < -0.3 is 9.97 Å². The van der Waals surface area contributed by atoms with Gasteiger partial charge in [0.25, 0.3) is 0 Å². The summed E-state index contributed by atoms with van der Waals surface area (Å²) in [6.45, 7) is 0. The zero-order chi connectivity index (χ0) is 25.9. The molecule has 2 N–H and O–H groups in total. The number of nitrogens with zero attached hydrogens (tertiary/aromatic N) is 2. The third-order valence-corrected chi connectivity index (χ3v) is 8.07. The van der Waals surface area contributed by atoms with Crippen LogP contribution in [-0.2, 0) is 0 Å². The summed E-state index contributed by atoms with van der Waals surface area (Å²) in [5.74, 6) is 0. The van der Waals surface area contributed by atoms with Gasteiger partial charge in [0.05, 0.1) is 22.8 Å². The van der Waals surface area contributed by atoms with Crippen molar-refractivity contribution in [3.05, 3.63) is 131 Å². The van der Waals surface area contributed by atoms with Crippen LogP contribution >= 0.6 is 23.5 Å². The number of hydrogen-bond acceptors (Lipinski definition) is 4. The number of thioether (sulfide) groups is 2. The van der Waals surface area contributed by atoms with Gasteiger partial charge in [-0.25, -0.2) is 0 Å². The molecule has 2 aliphatic rings. The molecule has 0 amide bonds. The summed E-state index contributed by atoms with van der Waals surface area (Å²) in [6.07, 6.45) is 15.9. The summed E-state index contributed by atoms with van der Waals surface area (Å²) < 4.78 is 0. The minimum atomic E-state index is 0.953. The van der Waals surface area contributed by atoms with E-state index < -0.39 is 0 Å². The normalized spacial score (nSPS) is 16.6. The van der Waals surface area contributed by atoms with Gasteiger partial charge in [0, 0.05) is 44.8 Å². The van der Waals surface area contributed by atoms with Crippen LogP contribution in [-0.4, -0.2) is 34.9 Å². The number of allylic oxidation sites excluding steroid dienone is 4. The lowest BCUT2D eigenvalue weighted by atomic mass is 10.0. The van der Waals surface area contributed by atoms with E-state index >= 15 is 0 Å². The van der Waals surface area contributed by atoms with Crippen molar-refractivity contribution >= 4 is 47.1 Å². The molecule has 6 heteroatoms. The highest BCUT2D eigenvalue weighted by molar-refractivity contribution is 7.98. The number of rotatable bonds is 7. The van der Waals surface area contributed by atoms with Gasteiger partial charge in [-0.15, -0.1) is 23.5 Å². The maximum absolute atomic E-state index is 4.61. The summed E-state index contributed by atoms with van der Waals surface area (Å²) >= 11 is 3.49. The van der Waals surface area contributed by atoms with Crippen LogP contribution in [0.15, 0.2) is 128 Å². The minimum Gasteiger partial charge on any atom is -0.353 e. The Morgan fingerprint density at radius 1 is 0.553 bits per heavy atom. The second kappa shape index (κ2) is 10.8. The first-order chi connectivity index (χ1) is 18.7. The number of nitrogens with one attached hydrogen (secondary N) is 2. The monoisotopic (exact) mass is 530 g/mol. The molecule has 4 aromatic rings. The van der Waals surface area contributed by atoms with Crippen molar-refractivity contribution in [3.8, 4) is 11.4 Å². The van der Waals surface area contributed by atoms with Gasteiger partial charge in [0.1, 0.15) is 0 Å². The van der Waals surface area contributed by atoms with Crippen LogP contribution in [0.4, 0.5) is 0 Å². The van der Waals surface area contributed by atoms with Crippen molar-refractivity contribution in [2.45, 2.75) is 9.79 Å². The molecule has 0 spiro atoms. The second-order valence-corrected chi connectivity index (χ2v) is 10.6. The highest BCUT2D eigenvalue weighted by atomic mass is 32.2. The fourth-order valence-corrected chi connectivity index (χ4v) is 5.51. The van der Waals surface area contributed by atoms with Crippen LogP contribution in [0, 0.1) is 0 Å². The Bertz CT molecular complexity index is 1500. The highest BCUT2D eigenvalue weighted by Crippen LogP contribution is 2.34. The fraction of sp³-hybridized carbons (Fsp3) is 0.0625. The molecule has 0 saturated heterocycles. The van der Waals surface area contributed by atoms with Crippen LogP contribution in [0.25, 0.3) is 22.5 Å². The SMILES string of the molecule is CSc1ccc(/C(=C2\C=CC=N2)c2ccc(-c3ccc(/C(=C4/C=CC=N4)c4ccc(SC)cc4)[nH]3)[nH]2)cc1. The van der Waals surface area contributed by atoms with Crippen LogP contribution in [0.1, 0.15) is 22.5 Å². The number of aromatic nitrogens is 2. The van der Waals surface area contributed by atoms with E-state index in [2.05, 4.69) is 117 Å². The molecule has 2 aromatic heterocycles. The first-order valence-electron chi connectivity index (χ1n) is 12.3. The molecule has 4 heterocycles. The lowest BCUT2D eigenvalue weighted by molar-refractivity contribution is 1.26. The van der Waals surface area contributed by atoms with E-state index in [-0.39, 0.29) is 0 Å². The summed E-state index contributed by atoms with van der Waals surface area (Å²) in [5.41, 5.74) is 10.4. The Labute approximate surface area is 231 Å². The van der Waals surface area contributed by atoms with E-state index in [1.165, 1.54) is 9.79 Å². The molecule has 0 saturated carbocycles. The average Bonchev–Trinajstić information content (AvgIpc) is 3.78. The van der Waals surface area contributed by atoms with Crippen molar-refractivity contribution < 1.29 is 0 Å². The minimum absolute atomic E-state index is 0.953. The zero-order valence-electron chi connectivity index (χ0n) is 21.1. The van der Waals surface area contributed by atoms with Crippen molar-refractivity contribution in [2.75, 3.05) is 12.5 Å². The molecule has 2 aromatic carbocycles. The molecule has 0 bridgehead atoms. The Morgan fingerprint density at radius 3 is 1.32 bits per heavy atom. The fourth-order valence-electron chi connectivity index (χ4n) is 4.69. The summed E-state index contributed by atoms with van der Waals surface area (Å²) in [4.78, 5) is 19.0. The predicted molar refractivity (Wildman–Crippen MR) is 164 cm³/mol. The molecule has 6 rings (SSSR count). The number of aromatic amines is 2. The van der Waals surface area contributed by atoms with Crippen LogP contribution < -0.4 is 0 Å². The summed E-state index contributed by atoms with van der Waals surface area (Å²) in [7, 11) is 0. The third kappa shape index (κ3) is 4.80. The van der Waals surface area contributed by atoms with E-state index in [0.717, 1.165) is 56.4 Å². The van der Waals surface area contributed by atoms with Crippen molar-refractivity contribution in [2.24, 2.45) is 9.98 Å². The topological polar surface area (TPSA) is 56.3 Å². The van der Waals surface area contributed by atoms with Gasteiger partial charge >= 0.3 is 0 Å². The molecule has 2 aliphatic heterocycles. The third-order valence-electron chi connectivity index (χ3n) is 6.58. The number of aliphatic imine (C=N–C) groups is 2. The molecule has 0 unspecified atom stereocenters. The number of hydrogen-bond donors (Lipinski definition) is 2. The Balaban J connectivity index is 1.37. The van der Waals surface area contributed by atoms with Gasteiger partial charge in [-0.2, -0.15) is 0 Å². The molecular weight excluding hydrogens is 505 g/mol. The smallest absolute Gasteiger partial charge is 0.0729 e. The Morgan fingerprint density at radius 2 is 0.974 bits per heavy atom. The molecular formula is C32H26N4S2. The Hall–Kier alpha value is -4.00. The zero-order valence-corrected chi connectivity index (χ0v) is 22.7. The standard InChI is InChI=1S/C32H26N4S2/c1-37-23-11-7-21(8-12-23)31(27-5-3-19-33-27)29-17-15-25(35-29)26-16-18-30(36-26)32(28-6-4-20-34-28)22-9-13-24(38-2)14-10-22/h3-20,35-36H,1-2H3/b31-27-,32-28-. The van der Waals surface area contributed by atoms with Gasteiger partial charge in [0.15, 0.2) is 0 Å². The number of H-pyrrole nitrogens is 2. The first kappa shape index (κ1) is 24.3. The second-order valence-electron chi connectivity index (χ2n) is 8.82. The quantitative estimate of drug-likeness (QED) is 0.236. The largest absolute Gasteiger partial charge is 0.353 e. The molecule has 0 radical (unpaired) electrons. The van der Waals surface area contributed by atoms with Crippen LogP contribution in [0.3, 0.4) is 0 Å². The summed E-state index contributed by atoms with van der Waals surface area (Å²) in [5, 5.41) is 0. The van der Waals surface area contributed by atoms with Gasteiger partial charge in [-0.05, 0) is 96.5 Å². The number of benzene rings is 2. The molecule has 0 fully saturated rings. The Kier molecular flexibility index (Phi) is 6.90. The van der Waals surface area contributed by atoms with E-state index in [4.69, 9.17) is 0 Å². The molecule has 4 nitrogen and oxygen atoms in total. The maximum Gasteiger partial charge on any atom is 0.0729 e. The summed E-state index contributed by atoms with van der Waals surface area (Å²) in [6, 6.07) is 25.8. The molecule has 186 valence electrons. The molecule has 38 heavy (non-hydrogen) atoms. The van der Waals surface area contributed by atoms with Crippen LogP contribution in [0.5, 0.6) is 0 Å². The van der Waals surface area contributed by atoms with Crippen molar-refractivity contribution in [3.63, 3.8) is 0 Å².